The zero-order valence-corrected chi connectivity index (χ0v) is 12.7. The molecule has 0 bridgehead atoms. The van der Waals surface area contributed by atoms with Gasteiger partial charge in [-0.05, 0) is 36.1 Å². The highest BCUT2D eigenvalue weighted by atomic mass is 16.2. The Bertz CT molecular complexity index is 875. The van der Waals surface area contributed by atoms with Crippen LogP contribution in [0.2, 0.25) is 0 Å². The minimum absolute atomic E-state index is 0.262. The molecule has 4 rings (SSSR count). The van der Waals surface area contributed by atoms with Gasteiger partial charge in [0.1, 0.15) is 5.78 Å². The number of allylic oxidation sites excluding steroid dienone is 2. The van der Waals surface area contributed by atoms with Gasteiger partial charge in [-0.1, -0.05) is 18.2 Å². The Balaban J connectivity index is 1.81. The molecule has 0 fully saturated rings. The van der Waals surface area contributed by atoms with E-state index < -0.39 is 0 Å². The highest BCUT2D eigenvalue weighted by Gasteiger charge is 2.26. The van der Waals surface area contributed by atoms with E-state index in [0.717, 1.165) is 11.1 Å². The van der Waals surface area contributed by atoms with E-state index in [-0.39, 0.29) is 17.2 Å². The minimum atomic E-state index is -0.316. The molecule has 118 valence electrons. The second kappa shape index (κ2) is 5.22. The molecule has 2 heterocycles. The van der Waals surface area contributed by atoms with Crippen molar-refractivity contribution in [2.45, 2.75) is 38.8 Å². The molecule has 0 amide bonds. The number of Topliss-reactive ketones (excluding diaryl/α,β-unsaturated/α-hetero) is 1. The van der Waals surface area contributed by atoms with Crippen LogP contribution in [-0.4, -0.2) is 19.7 Å². The zero-order valence-electron chi connectivity index (χ0n) is 12.7. The topological polar surface area (TPSA) is 66.0 Å². The number of hydrogen-bond donors (Lipinski definition) is 0. The molecule has 2 aliphatic rings. The van der Waals surface area contributed by atoms with E-state index >= 15 is 0 Å². The van der Waals surface area contributed by atoms with Crippen LogP contribution in [0.15, 0.2) is 51.1 Å². The van der Waals surface area contributed by atoms with Crippen LogP contribution in [0, 0.1) is 0 Å². The number of rotatable bonds is 1. The Kier molecular flexibility index (Phi) is 3.18. The normalized spacial score (nSPS) is 17.7. The molecule has 0 unspecified atom stereocenters. The van der Waals surface area contributed by atoms with Gasteiger partial charge in [0.15, 0.2) is 0 Å². The lowest BCUT2D eigenvalue weighted by atomic mass is 10.0. The van der Waals surface area contributed by atoms with Gasteiger partial charge in [-0.3, -0.25) is 4.79 Å². The molecule has 1 aliphatic heterocycles. The Morgan fingerprint density at radius 3 is 1.74 bits per heavy atom. The first-order valence-electron chi connectivity index (χ1n) is 7.84. The standard InChI is InChI=1S/C17H17N3O3/c21-15-8-6-12-10-18-16(22)20(14-4-2-1-3-5-14)17(23)19(18)11-13(12)7-9-15/h1-5H,6-11H2. The van der Waals surface area contributed by atoms with E-state index in [1.165, 1.54) is 13.9 Å². The number of benzene rings is 1. The molecule has 1 aromatic carbocycles. The van der Waals surface area contributed by atoms with Crippen LogP contribution in [0.4, 0.5) is 0 Å². The molecule has 0 spiro atoms. The first-order chi connectivity index (χ1) is 11.1. The summed E-state index contributed by atoms with van der Waals surface area (Å²) in [5.74, 6) is 0.262. The third-order valence-corrected chi connectivity index (χ3v) is 4.72. The van der Waals surface area contributed by atoms with E-state index in [4.69, 9.17) is 0 Å². The molecule has 0 saturated carbocycles. The van der Waals surface area contributed by atoms with Gasteiger partial charge in [-0.15, -0.1) is 0 Å². The van der Waals surface area contributed by atoms with Crippen LogP contribution in [0.25, 0.3) is 5.69 Å². The number of para-hydroxylation sites is 1. The fraction of sp³-hybridized carbons (Fsp3) is 0.353. The van der Waals surface area contributed by atoms with Gasteiger partial charge in [0.05, 0.1) is 18.8 Å². The summed E-state index contributed by atoms with van der Waals surface area (Å²) in [6.07, 6.45) is 2.48. The maximum atomic E-state index is 12.7. The van der Waals surface area contributed by atoms with Crippen LogP contribution in [0.1, 0.15) is 25.7 Å². The average molecular weight is 311 g/mol. The van der Waals surface area contributed by atoms with Crippen molar-refractivity contribution in [1.29, 1.82) is 0 Å². The lowest BCUT2D eigenvalue weighted by Crippen LogP contribution is -2.32. The first-order valence-corrected chi connectivity index (χ1v) is 7.84. The molecule has 0 atom stereocenters. The predicted molar refractivity (Wildman–Crippen MR) is 84.8 cm³/mol. The van der Waals surface area contributed by atoms with Gasteiger partial charge in [-0.2, -0.15) is 0 Å². The van der Waals surface area contributed by atoms with Crippen LogP contribution in [0.5, 0.6) is 0 Å². The Hall–Kier alpha value is -2.63. The summed E-state index contributed by atoms with van der Waals surface area (Å²) in [6.45, 7) is 0.826. The third kappa shape index (κ3) is 2.21. The van der Waals surface area contributed by atoms with Gasteiger partial charge in [0, 0.05) is 12.8 Å². The number of carbonyl (C=O) groups is 1. The molecular formula is C17H17N3O3. The van der Waals surface area contributed by atoms with Crippen molar-refractivity contribution in [3.8, 4) is 5.69 Å². The van der Waals surface area contributed by atoms with E-state index in [1.807, 2.05) is 18.2 Å². The van der Waals surface area contributed by atoms with Gasteiger partial charge in [0.25, 0.3) is 0 Å². The maximum absolute atomic E-state index is 12.7. The maximum Gasteiger partial charge on any atom is 0.352 e. The van der Waals surface area contributed by atoms with E-state index in [0.29, 0.717) is 44.5 Å². The first kappa shape index (κ1) is 14.0. The van der Waals surface area contributed by atoms with Crippen LogP contribution < -0.4 is 11.4 Å². The number of ketones is 1. The van der Waals surface area contributed by atoms with Crippen molar-refractivity contribution >= 4 is 5.78 Å². The zero-order chi connectivity index (χ0) is 16.0. The van der Waals surface area contributed by atoms with Crippen LogP contribution in [0.3, 0.4) is 0 Å². The Morgan fingerprint density at radius 1 is 0.696 bits per heavy atom. The average Bonchev–Trinajstić information content (AvgIpc) is 2.71. The third-order valence-electron chi connectivity index (χ3n) is 4.72. The summed E-state index contributed by atoms with van der Waals surface area (Å²) in [4.78, 5) is 37.0. The molecule has 23 heavy (non-hydrogen) atoms. The summed E-state index contributed by atoms with van der Waals surface area (Å²) >= 11 is 0. The predicted octanol–water partition coefficient (Wildman–Crippen LogP) is 1.25. The number of aromatic nitrogens is 3. The largest absolute Gasteiger partial charge is 0.352 e. The SMILES string of the molecule is O=C1CCC2=C(CC1)Cn1c(=O)n(-c3ccccc3)c(=O)n1C2. The molecule has 0 N–H and O–H groups in total. The number of hydrogen-bond acceptors (Lipinski definition) is 3. The molecular weight excluding hydrogens is 294 g/mol. The lowest BCUT2D eigenvalue weighted by Gasteiger charge is -2.21. The second-order valence-electron chi connectivity index (χ2n) is 6.10. The van der Waals surface area contributed by atoms with E-state index in [2.05, 4.69) is 0 Å². The molecule has 2 aromatic rings. The number of nitrogens with zero attached hydrogens (tertiary/aromatic N) is 3. The van der Waals surface area contributed by atoms with Crippen molar-refractivity contribution < 1.29 is 4.79 Å². The summed E-state index contributed by atoms with van der Waals surface area (Å²) in [5.41, 5.74) is 2.24. The summed E-state index contributed by atoms with van der Waals surface area (Å²) in [6, 6.07) is 8.98. The van der Waals surface area contributed by atoms with Crippen molar-refractivity contribution in [3.05, 3.63) is 62.4 Å². The molecule has 0 radical (unpaired) electrons. The Labute approximate surface area is 132 Å². The molecule has 6 nitrogen and oxygen atoms in total. The summed E-state index contributed by atoms with van der Waals surface area (Å²) in [5, 5.41) is 0. The summed E-state index contributed by atoms with van der Waals surface area (Å²) < 4.78 is 4.23. The van der Waals surface area contributed by atoms with Crippen molar-refractivity contribution in [1.82, 2.24) is 13.9 Å². The Morgan fingerprint density at radius 2 is 1.22 bits per heavy atom. The molecule has 6 heteroatoms. The monoisotopic (exact) mass is 311 g/mol. The van der Waals surface area contributed by atoms with Crippen LogP contribution >= 0.6 is 0 Å². The number of fused-ring (bicyclic) bond motifs is 1. The highest BCUT2D eigenvalue weighted by Crippen LogP contribution is 2.26. The summed E-state index contributed by atoms with van der Waals surface area (Å²) in [7, 11) is 0. The van der Waals surface area contributed by atoms with E-state index in [1.54, 1.807) is 12.1 Å². The number of carbonyl (C=O) groups excluding carboxylic acids is 1. The van der Waals surface area contributed by atoms with E-state index in [9.17, 15) is 14.4 Å². The smallest absolute Gasteiger partial charge is 0.300 e. The molecule has 1 aromatic heterocycles. The van der Waals surface area contributed by atoms with Crippen LogP contribution in [-0.2, 0) is 17.9 Å². The van der Waals surface area contributed by atoms with Gasteiger partial charge in [-0.25, -0.2) is 23.5 Å². The molecule has 1 aliphatic carbocycles. The van der Waals surface area contributed by atoms with Gasteiger partial charge < -0.3 is 0 Å². The van der Waals surface area contributed by atoms with Crippen molar-refractivity contribution in [3.63, 3.8) is 0 Å². The lowest BCUT2D eigenvalue weighted by molar-refractivity contribution is -0.118. The van der Waals surface area contributed by atoms with Gasteiger partial charge in [0.2, 0.25) is 0 Å². The molecule has 0 saturated heterocycles. The van der Waals surface area contributed by atoms with Gasteiger partial charge >= 0.3 is 11.4 Å². The van der Waals surface area contributed by atoms with Crippen molar-refractivity contribution in [2.75, 3.05) is 0 Å². The fourth-order valence-corrected chi connectivity index (χ4v) is 3.43. The quantitative estimate of drug-likeness (QED) is 0.745. The highest BCUT2D eigenvalue weighted by molar-refractivity contribution is 5.79. The second-order valence-corrected chi connectivity index (χ2v) is 6.10. The fourth-order valence-electron chi connectivity index (χ4n) is 3.43. The minimum Gasteiger partial charge on any atom is -0.300 e. The van der Waals surface area contributed by atoms with Crippen molar-refractivity contribution in [2.24, 2.45) is 0 Å².